The van der Waals surface area contributed by atoms with Crippen LogP contribution in [0.1, 0.15) is 37.6 Å². The molecule has 5 heteroatoms. The van der Waals surface area contributed by atoms with Crippen molar-refractivity contribution in [3.63, 3.8) is 0 Å². The Labute approximate surface area is 114 Å². The van der Waals surface area contributed by atoms with Gasteiger partial charge in [-0.25, -0.2) is 0 Å². The Morgan fingerprint density at radius 2 is 2.33 bits per heavy atom. The van der Waals surface area contributed by atoms with Crippen molar-refractivity contribution in [1.82, 2.24) is 14.7 Å². The first-order chi connectivity index (χ1) is 8.60. The van der Waals surface area contributed by atoms with Crippen molar-refractivity contribution in [3.8, 4) is 0 Å². The van der Waals surface area contributed by atoms with Crippen LogP contribution in [-0.4, -0.2) is 32.3 Å². The van der Waals surface area contributed by atoms with Crippen LogP contribution in [0.4, 0.5) is 0 Å². The van der Waals surface area contributed by atoms with E-state index in [2.05, 4.69) is 23.0 Å². The predicted octanol–water partition coefficient (Wildman–Crippen LogP) is 1.62. The van der Waals surface area contributed by atoms with Crippen LogP contribution in [0.5, 0.6) is 0 Å². The predicted molar refractivity (Wildman–Crippen MR) is 77.4 cm³/mol. The summed E-state index contributed by atoms with van der Waals surface area (Å²) in [5, 5.41) is 4.50. The van der Waals surface area contributed by atoms with Crippen LogP contribution in [0.2, 0.25) is 0 Å². The lowest BCUT2D eigenvalue weighted by molar-refractivity contribution is 0.255. The molecule has 0 radical (unpaired) electrons. The fourth-order valence-corrected chi connectivity index (χ4v) is 2.28. The van der Waals surface area contributed by atoms with Crippen LogP contribution in [0, 0.1) is 0 Å². The number of aromatic nitrogens is 2. The maximum Gasteiger partial charge on any atom is 0.0740 e. The summed E-state index contributed by atoms with van der Waals surface area (Å²) in [6.07, 6.45) is 4.40. The molecule has 1 aromatic heterocycles. The van der Waals surface area contributed by atoms with Crippen LogP contribution in [0.3, 0.4) is 0 Å². The minimum atomic E-state index is 0.611. The summed E-state index contributed by atoms with van der Waals surface area (Å²) in [5.74, 6) is 0. The Morgan fingerprint density at radius 1 is 1.61 bits per heavy atom. The molecule has 1 aromatic rings. The van der Waals surface area contributed by atoms with E-state index in [0.717, 1.165) is 37.7 Å². The molecule has 1 heterocycles. The van der Waals surface area contributed by atoms with Crippen LogP contribution >= 0.6 is 12.2 Å². The van der Waals surface area contributed by atoms with Crippen molar-refractivity contribution in [2.75, 3.05) is 6.54 Å². The Bertz CT molecular complexity index is 423. The summed E-state index contributed by atoms with van der Waals surface area (Å²) in [4.78, 5) is 3.09. The topological polar surface area (TPSA) is 47.1 Å². The largest absolute Gasteiger partial charge is 0.393 e. The number of aryl methyl sites for hydroxylation is 2. The highest BCUT2D eigenvalue weighted by Gasteiger charge is 2.29. The van der Waals surface area contributed by atoms with E-state index in [4.69, 9.17) is 18.0 Å². The number of thiocarbonyl (C=S) groups is 1. The second-order valence-electron chi connectivity index (χ2n) is 5.02. The lowest BCUT2D eigenvalue weighted by Crippen LogP contribution is -2.30. The summed E-state index contributed by atoms with van der Waals surface area (Å²) in [7, 11) is 2.02. The Hall–Kier alpha value is -0.940. The summed E-state index contributed by atoms with van der Waals surface area (Å²) < 4.78 is 2.00. The molecule has 1 aliphatic carbocycles. The molecule has 0 saturated heterocycles. The van der Waals surface area contributed by atoms with Gasteiger partial charge in [0.15, 0.2) is 0 Å². The number of nitrogens with two attached hydrogens (primary N) is 1. The second kappa shape index (κ2) is 5.80. The van der Waals surface area contributed by atoms with Crippen LogP contribution < -0.4 is 5.73 Å². The number of hydrogen-bond donors (Lipinski definition) is 1. The SMILES string of the molecule is CCc1cc(CN(CCC(N)=S)C2CC2)n(C)n1. The first-order valence-corrected chi connectivity index (χ1v) is 7.05. The summed E-state index contributed by atoms with van der Waals surface area (Å²) in [5.41, 5.74) is 8.04. The molecule has 0 atom stereocenters. The van der Waals surface area contributed by atoms with Crippen LogP contribution in [0.25, 0.3) is 0 Å². The van der Waals surface area contributed by atoms with Gasteiger partial charge in [0.2, 0.25) is 0 Å². The maximum atomic E-state index is 5.60. The third kappa shape index (κ3) is 3.53. The molecule has 0 spiro atoms. The molecule has 2 N–H and O–H groups in total. The summed E-state index contributed by atoms with van der Waals surface area (Å²) in [6, 6.07) is 2.93. The molecular weight excluding hydrogens is 244 g/mol. The fourth-order valence-electron chi connectivity index (χ4n) is 2.18. The van der Waals surface area contributed by atoms with E-state index in [-0.39, 0.29) is 0 Å². The molecule has 100 valence electrons. The first kappa shape index (κ1) is 13.5. The molecule has 2 rings (SSSR count). The van der Waals surface area contributed by atoms with E-state index in [0.29, 0.717) is 4.99 Å². The van der Waals surface area contributed by atoms with E-state index in [1.807, 2.05) is 11.7 Å². The van der Waals surface area contributed by atoms with Crippen molar-refractivity contribution < 1.29 is 0 Å². The van der Waals surface area contributed by atoms with Gasteiger partial charge in [-0.2, -0.15) is 5.10 Å². The molecule has 1 fully saturated rings. The van der Waals surface area contributed by atoms with Gasteiger partial charge in [0.05, 0.1) is 16.4 Å². The monoisotopic (exact) mass is 266 g/mol. The van der Waals surface area contributed by atoms with Crippen molar-refractivity contribution in [1.29, 1.82) is 0 Å². The van der Waals surface area contributed by atoms with E-state index in [1.165, 1.54) is 18.5 Å². The zero-order valence-corrected chi connectivity index (χ0v) is 12.0. The quantitative estimate of drug-likeness (QED) is 0.762. The third-order valence-corrected chi connectivity index (χ3v) is 3.67. The zero-order chi connectivity index (χ0) is 13.1. The molecule has 0 bridgehead atoms. The average Bonchev–Trinajstić information content (AvgIpc) is 3.10. The number of nitrogens with zero attached hydrogens (tertiary/aromatic N) is 3. The van der Waals surface area contributed by atoms with Gasteiger partial charge < -0.3 is 5.73 Å². The molecule has 18 heavy (non-hydrogen) atoms. The minimum absolute atomic E-state index is 0.611. The Kier molecular flexibility index (Phi) is 4.35. The lowest BCUT2D eigenvalue weighted by Gasteiger charge is -2.21. The van der Waals surface area contributed by atoms with Gasteiger partial charge in [-0.3, -0.25) is 9.58 Å². The molecule has 4 nitrogen and oxygen atoms in total. The van der Waals surface area contributed by atoms with Gasteiger partial charge in [-0.05, 0) is 25.3 Å². The van der Waals surface area contributed by atoms with Crippen molar-refractivity contribution in [2.24, 2.45) is 12.8 Å². The van der Waals surface area contributed by atoms with E-state index in [1.54, 1.807) is 0 Å². The highest BCUT2D eigenvalue weighted by Crippen LogP contribution is 2.28. The normalized spacial score (nSPS) is 15.3. The zero-order valence-electron chi connectivity index (χ0n) is 11.2. The molecule has 1 aliphatic rings. The second-order valence-corrected chi connectivity index (χ2v) is 5.55. The van der Waals surface area contributed by atoms with E-state index >= 15 is 0 Å². The van der Waals surface area contributed by atoms with Crippen LogP contribution in [-0.2, 0) is 20.0 Å². The lowest BCUT2D eigenvalue weighted by atomic mass is 10.2. The van der Waals surface area contributed by atoms with Gasteiger partial charge in [0, 0.05) is 32.6 Å². The van der Waals surface area contributed by atoms with Crippen molar-refractivity contribution >= 4 is 17.2 Å². The molecule has 0 amide bonds. The van der Waals surface area contributed by atoms with Crippen molar-refractivity contribution in [2.45, 2.75) is 45.2 Å². The highest BCUT2D eigenvalue weighted by atomic mass is 32.1. The molecule has 0 unspecified atom stereocenters. The molecule has 0 aliphatic heterocycles. The van der Waals surface area contributed by atoms with Crippen molar-refractivity contribution in [3.05, 3.63) is 17.5 Å². The number of rotatable bonds is 7. The molecular formula is C13H22N4S. The highest BCUT2D eigenvalue weighted by molar-refractivity contribution is 7.80. The van der Waals surface area contributed by atoms with E-state index in [9.17, 15) is 0 Å². The van der Waals surface area contributed by atoms with Gasteiger partial charge in [0.1, 0.15) is 0 Å². The Balaban J connectivity index is 1.98. The first-order valence-electron chi connectivity index (χ1n) is 6.64. The van der Waals surface area contributed by atoms with Gasteiger partial charge in [0.25, 0.3) is 0 Å². The summed E-state index contributed by atoms with van der Waals surface area (Å²) >= 11 is 4.97. The van der Waals surface area contributed by atoms with Gasteiger partial charge in [-0.1, -0.05) is 19.1 Å². The fraction of sp³-hybridized carbons (Fsp3) is 0.692. The Morgan fingerprint density at radius 3 is 2.83 bits per heavy atom. The average molecular weight is 266 g/mol. The van der Waals surface area contributed by atoms with Gasteiger partial charge >= 0.3 is 0 Å². The summed E-state index contributed by atoms with van der Waals surface area (Å²) in [6.45, 7) is 4.06. The standard InChI is InChI=1S/C13H22N4S/c1-3-10-8-12(16(2)15-10)9-17(11-4-5-11)7-6-13(14)18/h8,11H,3-7,9H2,1-2H3,(H2,14,18). The third-order valence-electron chi connectivity index (χ3n) is 3.46. The van der Waals surface area contributed by atoms with E-state index < -0.39 is 0 Å². The molecule has 1 saturated carbocycles. The molecule has 0 aromatic carbocycles. The smallest absolute Gasteiger partial charge is 0.0740 e. The van der Waals surface area contributed by atoms with Gasteiger partial charge in [-0.15, -0.1) is 0 Å². The van der Waals surface area contributed by atoms with Crippen LogP contribution in [0.15, 0.2) is 6.07 Å². The maximum absolute atomic E-state index is 5.60. The minimum Gasteiger partial charge on any atom is -0.393 e. The number of hydrogen-bond acceptors (Lipinski definition) is 3.